The number of halogens is 3. The van der Waals surface area contributed by atoms with E-state index in [1.54, 1.807) is 6.07 Å². The van der Waals surface area contributed by atoms with Crippen LogP contribution in [0.2, 0.25) is 0 Å². The summed E-state index contributed by atoms with van der Waals surface area (Å²) in [6, 6.07) is 6.54. The van der Waals surface area contributed by atoms with Gasteiger partial charge in [0.25, 0.3) is 0 Å². The molecule has 0 saturated heterocycles. The van der Waals surface area contributed by atoms with E-state index in [-0.39, 0.29) is 4.90 Å². The number of carbonyl (C=O) groups is 1. The third kappa shape index (κ3) is 6.97. The summed E-state index contributed by atoms with van der Waals surface area (Å²) < 4.78 is 60.5. The van der Waals surface area contributed by atoms with Crippen molar-refractivity contribution < 1.29 is 36.2 Å². The number of anilines is 3. The van der Waals surface area contributed by atoms with Crippen LogP contribution in [0.15, 0.2) is 35.4 Å². The van der Waals surface area contributed by atoms with Crippen LogP contribution >= 0.6 is 0 Å². The maximum absolute atomic E-state index is 11.7. The van der Waals surface area contributed by atoms with Crippen molar-refractivity contribution in [3.8, 4) is 5.75 Å². The lowest BCUT2D eigenvalue weighted by atomic mass is 10.3. The predicted octanol–water partition coefficient (Wildman–Crippen LogP) is 3.57. The molecule has 1 aromatic carbocycles. The van der Waals surface area contributed by atoms with Crippen LogP contribution in [-0.2, 0) is 14.6 Å². The Hall–Kier alpha value is -3.55. The number of sulfone groups is 1. The van der Waals surface area contributed by atoms with Gasteiger partial charge in [-0.05, 0) is 24.6 Å². The lowest BCUT2D eigenvalue weighted by Gasteiger charge is -2.13. The van der Waals surface area contributed by atoms with Gasteiger partial charge in [-0.15, -0.1) is 0 Å². The first-order chi connectivity index (χ1) is 15.4. The Morgan fingerprint density at radius 1 is 1.24 bits per heavy atom. The summed E-state index contributed by atoms with van der Waals surface area (Å²) in [5.74, 6) is -1.25. The van der Waals surface area contributed by atoms with Crippen LogP contribution in [0.5, 0.6) is 5.75 Å². The topological polar surface area (TPSA) is 146 Å². The van der Waals surface area contributed by atoms with Crippen molar-refractivity contribution in [1.82, 2.24) is 15.0 Å². The van der Waals surface area contributed by atoms with Gasteiger partial charge < -0.3 is 25.5 Å². The number of nitrogens with one attached hydrogen (secondary N) is 3. The van der Waals surface area contributed by atoms with E-state index in [1.807, 2.05) is 12.3 Å². The van der Waals surface area contributed by atoms with Crippen LogP contribution in [0.4, 0.5) is 30.6 Å². The van der Waals surface area contributed by atoms with E-state index in [0.717, 1.165) is 30.4 Å². The number of ether oxygens (including phenoxy) is 1. The molecule has 4 N–H and O–H groups in total. The fourth-order valence-electron chi connectivity index (χ4n) is 2.50. The van der Waals surface area contributed by atoms with Crippen LogP contribution in [0.1, 0.15) is 13.3 Å². The maximum atomic E-state index is 11.7. The molecule has 3 rings (SSSR count). The molecule has 10 nitrogen and oxygen atoms in total. The Morgan fingerprint density at radius 3 is 2.45 bits per heavy atom. The SMILES string of the molecule is CCCNc1nc(Nc2ccc(S(C)(=O)=O)cc2OC)nc2[nH]ccc12.O=C(O)C(F)(F)F. The van der Waals surface area contributed by atoms with E-state index in [2.05, 4.69) is 32.5 Å². The van der Waals surface area contributed by atoms with Crippen molar-refractivity contribution in [3.63, 3.8) is 0 Å². The van der Waals surface area contributed by atoms with Gasteiger partial charge in [0.1, 0.15) is 17.2 Å². The Balaban J connectivity index is 0.000000479. The van der Waals surface area contributed by atoms with E-state index >= 15 is 0 Å². The number of H-pyrrole nitrogens is 1. The van der Waals surface area contributed by atoms with Crippen LogP contribution in [0.25, 0.3) is 11.0 Å². The minimum absolute atomic E-state index is 0.186. The Morgan fingerprint density at radius 2 is 1.91 bits per heavy atom. The number of benzene rings is 1. The molecule has 180 valence electrons. The van der Waals surface area contributed by atoms with Gasteiger partial charge in [-0.1, -0.05) is 6.92 Å². The molecule has 14 heteroatoms. The third-order valence-corrected chi connectivity index (χ3v) is 5.16. The smallest absolute Gasteiger partial charge is 0.490 e. The number of hydrogen-bond donors (Lipinski definition) is 4. The summed E-state index contributed by atoms with van der Waals surface area (Å²) in [7, 11) is -1.84. The first kappa shape index (κ1) is 25.7. The van der Waals surface area contributed by atoms with Crippen molar-refractivity contribution in [2.75, 3.05) is 30.5 Å². The van der Waals surface area contributed by atoms with Crippen molar-refractivity contribution in [2.45, 2.75) is 24.4 Å². The van der Waals surface area contributed by atoms with Gasteiger partial charge in [0.05, 0.1) is 23.1 Å². The van der Waals surface area contributed by atoms with Crippen molar-refractivity contribution in [1.29, 1.82) is 0 Å². The summed E-state index contributed by atoms with van der Waals surface area (Å²) in [4.78, 5) is 21.1. The number of methoxy groups -OCH3 is 1. The second kappa shape index (κ2) is 10.4. The molecule has 0 radical (unpaired) electrons. The third-order valence-electron chi connectivity index (χ3n) is 4.05. The van der Waals surface area contributed by atoms with Gasteiger partial charge in [-0.25, -0.2) is 13.2 Å². The molecule has 0 saturated carbocycles. The second-order valence-corrected chi connectivity index (χ2v) is 8.64. The minimum Gasteiger partial charge on any atom is -0.495 e. The number of carboxylic acid groups (broad SMARTS) is 1. The van der Waals surface area contributed by atoms with E-state index in [9.17, 15) is 21.6 Å². The summed E-state index contributed by atoms with van der Waals surface area (Å²) >= 11 is 0. The van der Waals surface area contributed by atoms with Crippen molar-refractivity contribution in [2.24, 2.45) is 0 Å². The Bertz CT molecular complexity index is 1230. The van der Waals surface area contributed by atoms with Crippen LogP contribution < -0.4 is 15.4 Å². The molecule has 2 heterocycles. The number of aliphatic carboxylic acids is 1. The maximum Gasteiger partial charge on any atom is 0.490 e. The minimum atomic E-state index is -5.08. The molecule has 0 aliphatic heterocycles. The number of hydrogen-bond acceptors (Lipinski definition) is 8. The molecule has 0 atom stereocenters. The van der Waals surface area contributed by atoms with Crippen molar-refractivity contribution in [3.05, 3.63) is 30.5 Å². The average Bonchev–Trinajstić information content (AvgIpc) is 3.20. The molecule has 0 spiro atoms. The van der Waals surface area contributed by atoms with Gasteiger partial charge in [0.2, 0.25) is 5.95 Å². The largest absolute Gasteiger partial charge is 0.495 e. The molecular weight excluding hydrogens is 467 g/mol. The zero-order valence-corrected chi connectivity index (χ0v) is 18.6. The molecule has 0 aliphatic carbocycles. The number of aromatic nitrogens is 3. The molecular formula is C19H22F3N5O5S. The molecule has 0 amide bonds. The van der Waals surface area contributed by atoms with E-state index in [1.165, 1.54) is 19.2 Å². The van der Waals surface area contributed by atoms with Gasteiger partial charge >= 0.3 is 12.1 Å². The summed E-state index contributed by atoms with van der Waals surface area (Å²) in [6.45, 7) is 2.87. The highest BCUT2D eigenvalue weighted by Crippen LogP contribution is 2.30. The first-order valence-corrected chi connectivity index (χ1v) is 11.3. The van der Waals surface area contributed by atoms with E-state index in [0.29, 0.717) is 23.0 Å². The fourth-order valence-corrected chi connectivity index (χ4v) is 3.14. The number of carboxylic acids is 1. The second-order valence-electron chi connectivity index (χ2n) is 6.62. The van der Waals surface area contributed by atoms with Crippen LogP contribution in [0.3, 0.4) is 0 Å². The molecule has 2 aromatic heterocycles. The summed E-state index contributed by atoms with van der Waals surface area (Å²) in [6.07, 6.45) is -1.15. The molecule has 0 bridgehead atoms. The fraction of sp³-hybridized carbons (Fsp3) is 0.316. The first-order valence-electron chi connectivity index (χ1n) is 9.41. The molecule has 3 aromatic rings. The van der Waals surface area contributed by atoms with Crippen LogP contribution in [0, 0.1) is 0 Å². The zero-order valence-electron chi connectivity index (χ0n) is 17.8. The van der Waals surface area contributed by atoms with Gasteiger partial charge in [0.15, 0.2) is 9.84 Å². The standard InChI is InChI=1S/C17H21N5O3S.C2HF3O2/c1-4-8-18-15-12-7-9-19-16(12)22-17(21-15)20-13-6-5-11(26(3,23)24)10-14(13)25-2;3-2(4,5)1(6)7/h5-7,9-10H,4,8H2,1-3H3,(H3,18,19,20,21,22);(H,6,7). The lowest BCUT2D eigenvalue weighted by molar-refractivity contribution is -0.192. The lowest BCUT2D eigenvalue weighted by Crippen LogP contribution is -2.21. The number of alkyl halides is 3. The number of rotatable bonds is 7. The predicted molar refractivity (Wildman–Crippen MR) is 116 cm³/mol. The highest BCUT2D eigenvalue weighted by molar-refractivity contribution is 7.90. The van der Waals surface area contributed by atoms with Crippen molar-refractivity contribution >= 4 is 44.3 Å². The molecule has 0 unspecified atom stereocenters. The van der Waals surface area contributed by atoms with Crippen LogP contribution in [-0.4, -0.2) is 60.5 Å². The van der Waals surface area contributed by atoms with Gasteiger partial charge in [0, 0.05) is 25.1 Å². The highest BCUT2D eigenvalue weighted by atomic mass is 32.2. The number of nitrogens with zero attached hydrogens (tertiary/aromatic N) is 2. The Labute approximate surface area is 187 Å². The molecule has 0 aliphatic rings. The summed E-state index contributed by atoms with van der Waals surface area (Å²) in [5.41, 5.74) is 1.28. The Kier molecular flexibility index (Phi) is 8.08. The number of aromatic amines is 1. The quantitative estimate of drug-likeness (QED) is 0.391. The monoisotopic (exact) mass is 489 g/mol. The van der Waals surface area contributed by atoms with Gasteiger partial charge in [-0.3, -0.25) is 0 Å². The highest BCUT2D eigenvalue weighted by Gasteiger charge is 2.38. The summed E-state index contributed by atoms with van der Waals surface area (Å²) in [5, 5.41) is 14.4. The average molecular weight is 489 g/mol. The van der Waals surface area contributed by atoms with E-state index < -0.39 is 22.0 Å². The zero-order chi connectivity index (χ0) is 24.8. The van der Waals surface area contributed by atoms with Gasteiger partial charge in [-0.2, -0.15) is 23.1 Å². The molecule has 0 fully saturated rings. The normalized spacial score (nSPS) is 11.5. The van der Waals surface area contributed by atoms with E-state index in [4.69, 9.17) is 14.6 Å². The molecule has 33 heavy (non-hydrogen) atoms. The number of fused-ring (bicyclic) bond motifs is 1.